The van der Waals surface area contributed by atoms with Gasteiger partial charge in [0, 0.05) is 12.3 Å². The monoisotopic (exact) mass is 247 g/mol. The van der Waals surface area contributed by atoms with Crippen LogP contribution in [-0.2, 0) is 11.2 Å². The first-order valence-corrected chi connectivity index (χ1v) is 6.44. The largest absolute Gasteiger partial charge is 0.454 e. The SMILES string of the molecule is CCc1ccc(C(=O)OC(C#N)C2CCCC2)o1. The molecule has 0 amide bonds. The van der Waals surface area contributed by atoms with E-state index >= 15 is 0 Å². The van der Waals surface area contributed by atoms with Crippen molar-refractivity contribution >= 4 is 5.97 Å². The van der Waals surface area contributed by atoms with Crippen LogP contribution in [-0.4, -0.2) is 12.1 Å². The highest BCUT2D eigenvalue weighted by atomic mass is 16.6. The standard InChI is InChI=1S/C14H17NO3/c1-2-11-7-8-12(17-11)14(16)18-13(9-15)10-5-3-4-6-10/h7-8,10,13H,2-6H2,1H3. The van der Waals surface area contributed by atoms with Gasteiger partial charge in [-0.05, 0) is 25.0 Å². The van der Waals surface area contributed by atoms with Gasteiger partial charge in [-0.1, -0.05) is 19.8 Å². The summed E-state index contributed by atoms with van der Waals surface area (Å²) in [6, 6.07) is 5.44. The molecule has 1 unspecified atom stereocenters. The summed E-state index contributed by atoms with van der Waals surface area (Å²) in [7, 11) is 0. The van der Waals surface area contributed by atoms with Crippen LogP contribution in [0.3, 0.4) is 0 Å². The van der Waals surface area contributed by atoms with Crippen molar-refractivity contribution in [3.05, 3.63) is 23.7 Å². The zero-order valence-corrected chi connectivity index (χ0v) is 10.5. The van der Waals surface area contributed by atoms with Gasteiger partial charge in [0.1, 0.15) is 11.8 Å². The number of nitriles is 1. The number of hydrogen-bond acceptors (Lipinski definition) is 4. The second kappa shape index (κ2) is 5.72. The fourth-order valence-electron chi connectivity index (χ4n) is 2.34. The van der Waals surface area contributed by atoms with E-state index in [9.17, 15) is 4.79 Å². The Balaban J connectivity index is 1.98. The van der Waals surface area contributed by atoms with E-state index in [4.69, 9.17) is 14.4 Å². The van der Waals surface area contributed by atoms with Crippen LogP contribution < -0.4 is 0 Å². The first-order valence-electron chi connectivity index (χ1n) is 6.44. The molecular formula is C14H17NO3. The molecule has 0 spiro atoms. The summed E-state index contributed by atoms with van der Waals surface area (Å²) >= 11 is 0. The zero-order valence-electron chi connectivity index (χ0n) is 10.5. The zero-order chi connectivity index (χ0) is 13.0. The number of furan rings is 1. The summed E-state index contributed by atoms with van der Waals surface area (Å²) in [5.74, 6) is 0.578. The Hall–Kier alpha value is -1.76. The summed E-state index contributed by atoms with van der Waals surface area (Å²) < 4.78 is 10.6. The minimum atomic E-state index is -0.643. The Kier molecular flexibility index (Phi) is 4.03. The normalized spacial score (nSPS) is 17.3. The van der Waals surface area contributed by atoms with Gasteiger partial charge in [-0.2, -0.15) is 5.26 Å². The lowest BCUT2D eigenvalue weighted by atomic mass is 10.0. The lowest BCUT2D eigenvalue weighted by Crippen LogP contribution is -2.23. The van der Waals surface area contributed by atoms with E-state index in [0.29, 0.717) is 0 Å². The second-order valence-electron chi connectivity index (χ2n) is 4.62. The summed E-state index contributed by atoms with van der Waals surface area (Å²) in [6.07, 6.45) is 4.24. The molecule has 0 saturated heterocycles. The smallest absolute Gasteiger partial charge is 0.375 e. The quantitative estimate of drug-likeness (QED) is 0.767. The molecule has 4 nitrogen and oxygen atoms in total. The van der Waals surface area contributed by atoms with Crippen LogP contribution in [0.5, 0.6) is 0 Å². The maximum absolute atomic E-state index is 11.8. The van der Waals surface area contributed by atoms with Crippen LogP contribution in [0.15, 0.2) is 16.5 Å². The van der Waals surface area contributed by atoms with Crippen molar-refractivity contribution in [3.63, 3.8) is 0 Å². The van der Waals surface area contributed by atoms with Crippen molar-refractivity contribution in [1.82, 2.24) is 0 Å². The molecule has 1 saturated carbocycles. The molecule has 0 bridgehead atoms. The first kappa shape index (κ1) is 12.7. The van der Waals surface area contributed by atoms with Crippen LogP contribution in [0.2, 0.25) is 0 Å². The van der Waals surface area contributed by atoms with E-state index in [-0.39, 0.29) is 11.7 Å². The van der Waals surface area contributed by atoms with Gasteiger partial charge in [-0.25, -0.2) is 4.79 Å². The Bertz CT molecular complexity index is 452. The average molecular weight is 247 g/mol. The van der Waals surface area contributed by atoms with Gasteiger partial charge >= 0.3 is 5.97 Å². The summed E-state index contributed by atoms with van der Waals surface area (Å²) in [4.78, 5) is 11.8. The maximum atomic E-state index is 11.8. The van der Waals surface area contributed by atoms with E-state index in [1.54, 1.807) is 12.1 Å². The Morgan fingerprint density at radius 2 is 2.28 bits per heavy atom. The molecule has 1 aliphatic carbocycles. The van der Waals surface area contributed by atoms with Crippen LogP contribution in [0, 0.1) is 17.2 Å². The minimum Gasteiger partial charge on any atom is -0.454 e. The minimum absolute atomic E-state index is 0.180. The van der Waals surface area contributed by atoms with E-state index < -0.39 is 12.1 Å². The highest BCUT2D eigenvalue weighted by Crippen LogP contribution is 2.29. The number of carbonyl (C=O) groups is 1. The number of ether oxygens (including phenoxy) is 1. The highest BCUT2D eigenvalue weighted by molar-refractivity contribution is 5.86. The predicted molar refractivity (Wildman–Crippen MR) is 64.9 cm³/mol. The van der Waals surface area contributed by atoms with E-state index in [2.05, 4.69) is 6.07 Å². The first-order chi connectivity index (χ1) is 8.74. The Morgan fingerprint density at radius 3 is 2.83 bits per heavy atom. The van der Waals surface area contributed by atoms with Crippen LogP contribution in [0.25, 0.3) is 0 Å². The predicted octanol–water partition coefficient (Wildman–Crippen LogP) is 3.08. The molecule has 1 aromatic heterocycles. The molecular weight excluding hydrogens is 230 g/mol. The van der Waals surface area contributed by atoms with E-state index in [1.807, 2.05) is 6.92 Å². The van der Waals surface area contributed by atoms with Crippen molar-refractivity contribution in [2.75, 3.05) is 0 Å². The van der Waals surface area contributed by atoms with Crippen molar-refractivity contribution < 1.29 is 13.9 Å². The molecule has 0 aromatic carbocycles. The van der Waals surface area contributed by atoms with Crippen LogP contribution in [0.1, 0.15) is 48.9 Å². The Labute approximate surface area is 107 Å². The van der Waals surface area contributed by atoms with Gasteiger partial charge in [0.25, 0.3) is 0 Å². The van der Waals surface area contributed by atoms with Crippen LogP contribution >= 0.6 is 0 Å². The van der Waals surface area contributed by atoms with Crippen molar-refractivity contribution in [1.29, 1.82) is 5.26 Å². The molecule has 0 aliphatic heterocycles. The van der Waals surface area contributed by atoms with Crippen molar-refractivity contribution in [2.45, 2.75) is 45.1 Å². The molecule has 1 aromatic rings. The third kappa shape index (κ3) is 2.73. The topological polar surface area (TPSA) is 63.2 Å². The van der Waals surface area contributed by atoms with Gasteiger partial charge in [0.2, 0.25) is 5.76 Å². The summed E-state index contributed by atoms with van der Waals surface area (Å²) in [6.45, 7) is 1.95. The molecule has 0 radical (unpaired) electrons. The molecule has 18 heavy (non-hydrogen) atoms. The molecule has 96 valence electrons. The summed E-state index contributed by atoms with van der Waals surface area (Å²) in [5, 5.41) is 9.08. The molecule has 0 N–H and O–H groups in total. The van der Waals surface area contributed by atoms with Gasteiger partial charge in [0.15, 0.2) is 6.10 Å². The number of esters is 1. The number of rotatable bonds is 4. The maximum Gasteiger partial charge on any atom is 0.375 e. The molecule has 1 fully saturated rings. The van der Waals surface area contributed by atoms with E-state index in [1.165, 1.54) is 0 Å². The van der Waals surface area contributed by atoms with Crippen LogP contribution in [0.4, 0.5) is 0 Å². The second-order valence-corrected chi connectivity index (χ2v) is 4.62. The number of nitrogens with zero attached hydrogens (tertiary/aromatic N) is 1. The number of hydrogen-bond donors (Lipinski definition) is 0. The highest BCUT2D eigenvalue weighted by Gasteiger charge is 2.29. The number of aryl methyl sites for hydroxylation is 1. The molecule has 1 atom stereocenters. The third-order valence-electron chi connectivity index (χ3n) is 3.40. The molecule has 4 heteroatoms. The van der Waals surface area contributed by atoms with Gasteiger partial charge in [-0.3, -0.25) is 0 Å². The van der Waals surface area contributed by atoms with Gasteiger partial charge < -0.3 is 9.15 Å². The lowest BCUT2D eigenvalue weighted by Gasteiger charge is -2.15. The lowest BCUT2D eigenvalue weighted by molar-refractivity contribution is 0.0261. The van der Waals surface area contributed by atoms with E-state index in [0.717, 1.165) is 37.9 Å². The summed E-state index contributed by atoms with van der Waals surface area (Å²) in [5.41, 5.74) is 0. The van der Waals surface area contributed by atoms with Crippen molar-refractivity contribution in [3.8, 4) is 6.07 Å². The third-order valence-corrected chi connectivity index (χ3v) is 3.40. The fourth-order valence-corrected chi connectivity index (χ4v) is 2.34. The Morgan fingerprint density at radius 1 is 1.56 bits per heavy atom. The van der Waals surface area contributed by atoms with Crippen molar-refractivity contribution in [2.24, 2.45) is 5.92 Å². The van der Waals surface area contributed by atoms with Gasteiger partial charge in [-0.15, -0.1) is 0 Å². The van der Waals surface area contributed by atoms with Gasteiger partial charge in [0.05, 0.1) is 0 Å². The average Bonchev–Trinajstić information content (AvgIpc) is 3.05. The molecule has 1 heterocycles. The fraction of sp³-hybridized carbons (Fsp3) is 0.571. The molecule has 1 aliphatic rings. The number of carbonyl (C=O) groups excluding carboxylic acids is 1. The molecule has 2 rings (SSSR count).